The van der Waals surface area contributed by atoms with Gasteiger partial charge < -0.3 is 10.2 Å². The summed E-state index contributed by atoms with van der Waals surface area (Å²) >= 11 is 3.21. The Morgan fingerprint density at radius 2 is 2.18 bits per heavy atom. The molecule has 1 aliphatic carbocycles. The predicted octanol–water partition coefficient (Wildman–Crippen LogP) is 2.16. The third-order valence-corrected chi connectivity index (χ3v) is 6.23. The van der Waals surface area contributed by atoms with Crippen molar-refractivity contribution < 1.29 is 9.59 Å². The minimum atomic E-state index is -0.320. The number of nitrogens with zero attached hydrogens (tertiary/aromatic N) is 2. The topological polar surface area (TPSA) is 62.3 Å². The highest BCUT2D eigenvalue weighted by atomic mass is 32.2. The van der Waals surface area contributed by atoms with Gasteiger partial charge in [0.25, 0.3) is 0 Å². The lowest BCUT2D eigenvalue weighted by molar-refractivity contribution is -0.141. The lowest BCUT2D eigenvalue weighted by Crippen LogP contribution is -2.48. The lowest BCUT2D eigenvalue weighted by atomic mass is 10.1. The van der Waals surface area contributed by atoms with Crippen LogP contribution < -0.4 is 5.32 Å². The molecule has 1 saturated carbocycles. The van der Waals surface area contributed by atoms with E-state index >= 15 is 0 Å². The molecule has 1 aromatic heterocycles. The van der Waals surface area contributed by atoms with Gasteiger partial charge in [0, 0.05) is 22.7 Å². The number of aromatic nitrogens is 1. The van der Waals surface area contributed by atoms with E-state index in [2.05, 4.69) is 10.3 Å². The van der Waals surface area contributed by atoms with Crippen LogP contribution in [0.15, 0.2) is 5.38 Å². The highest BCUT2D eigenvalue weighted by Crippen LogP contribution is 2.30. The van der Waals surface area contributed by atoms with E-state index in [9.17, 15) is 9.59 Å². The average molecular weight is 339 g/mol. The molecule has 2 fully saturated rings. The summed E-state index contributed by atoms with van der Waals surface area (Å²) in [6.45, 7) is 2.39. The van der Waals surface area contributed by atoms with E-state index in [0.29, 0.717) is 18.2 Å². The smallest absolute Gasteiger partial charge is 0.244 e. The van der Waals surface area contributed by atoms with E-state index < -0.39 is 0 Å². The monoisotopic (exact) mass is 339 g/mol. The third-order valence-electron chi connectivity index (χ3n) is 4.25. The van der Waals surface area contributed by atoms with Crippen LogP contribution in [0.25, 0.3) is 0 Å². The van der Waals surface area contributed by atoms with Crippen molar-refractivity contribution in [1.29, 1.82) is 0 Å². The molecular formula is C15H21N3O2S2. The summed E-state index contributed by atoms with van der Waals surface area (Å²) in [6, 6.07) is -0.320. The van der Waals surface area contributed by atoms with Crippen LogP contribution in [-0.4, -0.2) is 39.4 Å². The second kappa shape index (κ2) is 7.00. The molecule has 1 aromatic rings. The van der Waals surface area contributed by atoms with Gasteiger partial charge in [-0.25, -0.2) is 4.98 Å². The first-order valence-corrected chi connectivity index (χ1v) is 9.75. The predicted molar refractivity (Wildman–Crippen MR) is 88.6 cm³/mol. The number of carbonyl (C=O) groups is 2. The van der Waals surface area contributed by atoms with Crippen molar-refractivity contribution in [2.24, 2.45) is 5.92 Å². The molecule has 7 heteroatoms. The molecule has 1 saturated heterocycles. The number of amides is 2. The van der Waals surface area contributed by atoms with E-state index in [1.54, 1.807) is 28.0 Å². The van der Waals surface area contributed by atoms with Gasteiger partial charge in [-0.2, -0.15) is 0 Å². The van der Waals surface area contributed by atoms with Crippen LogP contribution >= 0.6 is 23.1 Å². The molecule has 0 spiro atoms. The summed E-state index contributed by atoms with van der Waals surface area (Å²) in [5.74, 6) is 1.60. The molecular weight excluding hydrogens is 318 g/mol. The summed E-state index contributed by atoms with van der Waals surface area (Å²) in [7, 11) is 0. The third kappa shape index (κ3) is 3.46. The highest BCUT2D eigenvalue weighted by Gasteiger charge is 2.38. The average Bonchev–Trinajstić information content (AvgIpc) is 3.25. The van der Waals surface area contributed by atoms with Gasteiger partial charge in [-0.1, -0.05) is 12.8 Å². The Hall–Kier alpha value is -1.08. The van der Waals surface area contributed by atoms with Gasteiger partial charge in [-0.05, 0) is 19.8 Å². The van der Waals surface area contributed by atoms with Gasteiger partial charge in [0.1, 0.15) is 11.0 Å². The Balaban J connectivity index is 1.57. The van der Waals surface area contributed by atoms with E-state index in [1.807, 2.05) is 12.3 Å². The van der Waals surface area contributed by atoms with Gasteiger partial charge >= 0.3 is 0 Å². The zero-order valence-corrected chi connectivity index (χ0v) is 14.3. The van der Waals surface area contributed by atoms with Crippen LogP contribution in [0.5, 0.6) is 0 Å². The zero-order valence-electron chi connectivity index (χ0n) is 12.7. The van der Waals surface area contributed by atoms with Gasteiger partial charge in [0.15, 0.2) is 0 Å². The number of thioether (sulfide) groups is 1. The Morgan fingerprint density at radius 1 is 1.41 bits per heavy atom. The largest absolute Gasteiger partial charge is 0.348 e. The van der Waals surface area contributed by atoms with Crippen molar-refractivity contribution in [2.75, 3.05) is 11.6 Å². The normalized spacial score (nSPS) is 22.2. The number of hydrogen-bond acceptors (Lipinski definition) is 5. The van der Waals surface area contributed by atoms with E-state index in [0.717, 1.165) is 36.4 Å². The summed E-state index contributed by atoms with van der Waals surface area (Å²) in [6.07, 6.45) is 4.23. The van der Waals surface area contributed by atoms with Crippen LogP contribution in [-0.2, 0) is 16.1 Å². The van der Waals surface area contributed by atoms with Crippen molar-refractivity contribution in [1.82, 2.24) is 15.2 Å². The second-order valence-electron chi connectivity index (χ2n) is 5.91. The summed E-state index contributed by atoms with van der Waals surface area (Å²) in [5, 5.41) is 5.81. The Morgan fingerprint density at radius 3 is 2.86 bits per heavy atom. The minimum absolute atomic E-state index is 0.0517. The Labute approximate surface area is 138 Å². The number of thiazole rings is 1. The minimum Gasteiger partial charge on any atom is -0.348 e. The number of carbonyl (C=O) groups excluding carboxylic acids is 2. The summed E-state index contributed by atoms with van der Waals surface area (Å²) in [4.78, 5) is 31.1. The van der Waals surface area contributed by atoms with Crippen molar-refractivity contribution in [3.63, 3.8) is 0 Å². The maximum atomic E-state index is 12.6. The number of aryl methyl sites for hydroxylation is 1. The molecule has 2 heterocycles. The Kier molecular flexibility index (Phi) is 5.03. The standard InChI is InChI=1S/C15H21N3O2S2/c1-10-7-22-13(17-10)6-16-14(19)12-8-21-9-18(12)15(20)11-4-2-3-5-11/h7,11-12H,2-6,8-9H2,1H3,(H,16,19)/t12-/m0/s1. The van der Waals surface area contributed by atoms with E-state index in [-0.39, 0.29) is 23.8 Å². The fraction of sp³-hybridized carbons (Fsp3) is 0.667. The summed E-state index contributed by atoms with van der Waals surface area (Å²) in [5.41, 5.74) is 0.976. The fourth-order valence-corrected chi connectivity index (χ4v) is 4.92. The number of hydrogen-bond donors (Lipinski definition) is 1. The van der Waals surface area contributed by atoms with E-state index in [4.69, 9.17) is 0 Å². The molecule has 1 N–H and O–H groups in total. The molecule has 0 radical (unpaired) electrons. The van der Waals surface area contributed by atoms with Crippen molar-refractivity contribution >= 4 is 34.9 Å². The van der Waals surface area contributed by atoms with Crippen molar-refractivity contribution in [2.45, 2.75) is 45.2 Å². The van der Waals surface area contributed by atoms with Crippen LogP contribution in [0, 0.1) is 12.8 Å². The second-order valence-corrected chi connectivity index (χ2v) is 7.85. The maximum Gasteiger partial charge on any atom is 0.244 e. The molecule has 2 amide bonds. The molecule has 0 bridgehead atoms. The maximum absolute atomic E-state index is 12.6. The molecule has 22 heavy (non-hydrogen) atoms. The first-order valence-electron chi connectivity index (χ1n) is 7.72. The van der Waals surface area contributed by atoms with Gasteiger partial charge in [-0.3, -0.25) is 9.59 Å². The zero-order chi connectivity index (χ0) is 15.5. The van der Waals surface area contributed by atoms with Gasteiger partial charge in [-0.15, -0.1) is 23.1 Å². The quantitative estimate of drug-likeness (QED) is 0.913. The van der Waals surface area contributed by atoms with Gasteiger partial charge in [0.05, 0.1) is 12.4 Å². The van der Waals surface area contributed by atoms with Crippen molar-refractivity contribution in [3.8, 4) is 0 Å². The Bertz CT molecular complexity index is 555. The first kappa shape index (κ1) is 15.8. The van der Waals surface area contributed by atoms with E-state index in [1.165, 1.54) is 0 Å². The molecule has 2 aliphatic rings. The lowest BCUT2D eigenvalue weighted by Gasteiger charge is -2.25. The molecule has 1 aliphatic heterocycles. The molecule has 3 rings (SSSR count). The molecule has 0 unspecified atom stereocenters. The SMILES string of the molecule is Cc1csc(CNC(=O)[C@@H]2CSCN2C(=O)C2CCCC2)n1. The molecule has 120 valence electrons. The van der Waals surface area contributed by atoms with Gasteiger partial charge in [0.2, 0.25) is 11.8 Å². The van der Waals surface area contributed by atoms with Crippen LogP contribution in [0.2, 0.25) is 0 Å². The van der Waals surface area contributed by atoms with Crippen molar-refractivity contribution in [3.05, 3.63) is 16.1 Å². The first-order chi connectivity index (χ1) is 10.6. The molecule has 5 nitrogen and oxygen atoms in total. The molecule has 1 atom stereocenters. The number of nitrogens with one attached hydrogen (secondary N) is 1. The van der Waals surface area contributed by atoms with Crippen LogP contribution in [0.1, 0.15) is 36.4 Å². The fourth-order valence-electron chi connectivity index (χ4n) is 3.05. The summed E-state index contributed by atoms with van der Waals surface area (Å²) < 4.78 is 0. The number of rotatable bonds is 4. The van der Waals surface area contributed by atoms with Crippen LogP contribution in [0.4, 0.5) is 0 Å². The highest BCUT2D eigenvalue weighted by molar-refractivity contribution is 7.99. The van der Waals surface area contributed by atoms with Crippen LogP contribution in [0.3, 0.4) is 0 Å². The molecule has 0 aromatic carbocycles.